The van der Waals surface area contributed by atoms with E-state index < -0.39 is 11.7 Å². The van der Waals surface area contributed by atoms with Gasteiger partial charge in [0.15, 0.2) is 5.76 Å². The summed E-state index contributed by atoms with van der Waals surface area (Å²) < 4.78 is 23.7. The van der Waals surface area contributed by atoms with E-state index >= 15 is 0 Å². The highest BCUT2D eigenvalue weighted by atomic mass is 35.5. The number of benzene rings is 1. The second-order valence-electron chi connectivity index (χ2n) is 5.32. The number of hydrogen-bond donors (Lipinski definition) is 1. The molecular formula is C17H14ClFN2O3. The van der Waals surface area contributed by atoms with E-state index in [1.807, 2.05) is 13.8 Å². The van der Waals surface area contributed by atoms with Gasteiger partial charge in [-0.25, -0.2) is 4.39 Å². The maximum absolute atomic E-state index is 13.0. The van der Waals surface area contributed by atoms with Crippen molar-refractivity contribution in [3.05, 3.63) is 69.7 Å². The first-order valence-corrected chi connectivity index (χ1v) is 7.58. The predicted octanol–water partition coefficient (Wildman–Crippen LogP) is 4.52. The number of halogens is 2. The molecule has 24 heavy (non-hydrogen) atoms. The first-order valence-electron chi connectivity index (χ1n) is 7.21. The molecule has 3 aromatic rings. The van der Waals surface area contributed by atoms with Gasteiger partial charge < -0.3 is 14.3 Å². The van der Waals surface area contributed by atoms with Gasteiger partial charge >= 0.3 is 0 Å². The van der Waals surface area contributed by atoms with E-state index in [0.29, 0.717) is 23.6 Å². The van der Waals surface area contributed by atoms with Gasteiger partial charge in [0.2, 0.25) is 0 Å². The molecular weight excluding hydrogens is 335 g/mol. The van der Waals surface area contributed by atoms with Crippen LogP contribution in [-0.4, -0.2) is 11.1 Å². The van der Waals surface area contributed by atoms with Gasteiger partial charge in [0.25, 0.3) is 5.91 Å². The van der Waals surface area contributed by atoms with Gasteiger partial charge in [-0.3, -0.25) is 4.79 Å². The quantitative estimate of drug-likeness (QED) is 0.752. The standard InChI is InChI=1S/C17H14ClFN2O3/c1-9-13(10(2)24-21-9)8-12-4-6-16(23-12)17(22)20-15-5-3-11(19)7-14(15)18/h3-7H,8H2,1-2H3,(H,20,22). The fourth-order valence-corrected chi connectivity index (χ4v) is 2.51. The van der Waals surface area contributed by atoms with Crippen LogP contribution in [0.25, 0.3) is 0 Å². The summed E-state index contributed by atoms with van der Waals surface area (Å²) >= 11 is 5.89. The monoisotopic (exact) mass is 348 g/mol. The second kappa shape index (κ2) is 6.49. The molecule has 1 aromatic carbocycles. The average Bonchev–Trinajstić information content (AvgIpc) is 3.12. The summed E-state index contributed by atoms with van der Waals surface area (Å²) in [7, 11) is 0. The van der Waals surface area contributed by atoms with E-state index in [1.165, 1.54) is 12.1 Å². The third-order valence-corrected chi connectivity index (χ3v) is 3.91. The number of nitrogens with zero attached hydrogens (tertiary/aromatic N) is 1. The maximum Gasteiger partial charge on any atom is 0.291 e. The van der Waals surface area contributed by atoms with Crippen molar-refractivity contribution in [3.8, 4) is 0 Å². The Hall–Kier alpha value is -2.60. The van der Waals surface area contributed by atoms with E-state index in [-0.39, 0.29) is 10.8 Å². The number of amides is 1. The van der Waals surface area contributed by atoms with Gasteiger partial charge in [-0.15, -0.1) is 0 Å². The molecule has 1 amide bonds. The molecule has 3 rings (SSSR count). The normalized spacial score (nSPS) is 10.8. The number of aromatic nitrogens is 1. The van der Waals surface area contributed by atoms with Crippen molar-refractivity contribution in [1.29, 1.82) is 0 Å². The van der Waals surface area contributed by atoms with Crippen LogP contribution in [0.5, 0.6) is 0 Å². The molecule has 5 nitrogen and oxygen atoms in total. The first-order chi connectivity index (χ1) is 11.4. The minimum Gasteiger partial charge on any atom is -0.456 e. The van der Waals surface area contributed by atoms with Crippen LogP contribution in [0.2, 0.25) is 5.02 Å². The van der Waals surface area contributed by atoms with Crippen LogP contribution in [-0.2, 0) is 6.42 Å². The highest BCUT2D eigenvalue weighted by molar-refractivity contribution is 6.33. The number of carbonyl (C=O) groups is 1. The van der Waals surface area contributed by atoms with Crippen molar-refractivity contribution < 1.29 is 18.1 Å². The van der Waals surface area contributed by atoms with E-state index in [2.05, 4.69) is 10.5 Å². The molecule has 7 heteroatoms. The van der Waals surface area contributed by atoms with Gasteiger partial charge in [-0.2, -0.15) is 0 Å². The molecule has 0 fully saturated rings. The molecule has 0 radical (unpaired) electrons. The van der Waals surface area contributed by atoms with E-state index in [9.17, 15) is 9.18 Å². The van der Waals surface area contributed by atoms with Crippen molar-refractivity contribution >= 4 is 23.2 Å². The lowest BCUT2D eigenvalue weighted by molar-refractivity contribution is 0.0995. The van der Waals surface area contributed by atoms with Crippen LogP contribution >= 0.6 is 11.6 Å². The largest absolute Gasteiger partial charge is 0.456 e. The highest BCUT2D eigenvalue weighted by Gasteiger charge is 2.16. The van der Waals surface area contributed by atoms with Crippen molar-refractivity contribution in [3.63, 3.8) is 0 Å². The zero-order valence-corrected chi connectivity index (χ0v) is 13.8. The number of nitrogens with one attached hydrogen (secondary N) is 1. The first kappa shape index (κ1) is 16.3. The summed E-state index contributed by atoms with van der Waals surface area (Å²) in [5, 5.41) is 6.59. The lowest BCUT2D eigenvalue weighted by Gasteiger charge is -2.05. The minimum atomic E-state index is -0.474. The number of rotatable bonds is 4. The number of furan rings is 1. The van der Waals surface area contributed by atoms with Gasteiger partial charge in [0.05, 0.1) is 16.4 Å². The Morgan fingerprint density at radius 1 is 1.29 bits per heavy atom. The number of hydrogen-bond acceptors (Lipinski definition) is 4. The Balaban J connectivity index is 1.74. The molecule has 124 valence electrons. The summed E-state index contributed by atoms with van der Waals surface area (Å²) in [5.41, 5.74) is 2.03. The molecule has 0 bridgehead atoms. The predicted molar refractivity (Wildman–Crippen MR) is 86.9 cm³/mol. The van der Waals surface area contributed by atoms with Crippen molar-refractivity contribution in [2.24, 2.45) is 0 Å². The lowest BCUT2D eigenvalue weighted by Crippen LogP contribution is -2.11. The molecule has 2 aromatic heterocycles. The van der Waals surface area contributed by atoms with Crippen LogP contribution in [0.1, 0.15) is 33.3 Å². The molecule has 0 aliphatic heterocycles. The van der Waals surface area contributed by atoms with E-state index in [0.717, 1.165) is 17.3 Å². The van der Waals surface area contributed by atoms with Crippen LogP contribution in [0.3, 0.4) is 0 Å². The maximum atomic E-state index is 13.0. The summed E-state index contributed by atoms with van der Waals surface area (Å²) in [6, 6.07) is 7.02. The lowest BCUT2D eigenvalue weighted by atomic mass is 10.1. The fraction of sp³-hybridized carbons (Fsp3) is 0.176. The van der Waals surface area contributed by atoms with Crippen molar-refractivity contribution in [2.75, 3.05) is 5.32 Å². The molecule has 0 unspecified atom stereocenters. The highest BCUT2D eigenvalue weighted by Crippen LogP contribution is 2.24. The van der Waals surface area contributed by atoms with Gasteiger partial charge in [-0.1, -0.05) is 16.8 Å². The third-order valence-electron chi connectivity index (χ3n) is 3.60. The Kier molecular flexibility index (Phi) is 4.40. The molecule has 0 atom stereocenters. The zero-order valence-electron chi connectivity index (χ0n) is 13.0. The van der Waals surface area contributed by atoms with E-state index in [4.69, 9.17) is 20.5 Å². The number of aryl methyl sites for hydroxylation is 2. The Morgan fingerprint density at radius 2 is 2.08 bits per heavy atom. The Labute approximate surface area is 142 Å². The Bertz CT molecular complexity index is 882. The average molecular weight is 349 g/mol. The molecule has 1 N–H and O–H groups in total. The number of anilines is 1. The van der Waals surface area contributed by atoms with Gasteiger partial charge in [-0.05, 0) is 44.2 Å². The summed E-state index contributed by atoms with van der Waals surface area (Å²) in [5.74, 6) is 0.524. The molecule has 0 spiro atoms. The van der Waals surface area contributed by atoms with Gasteiger partial charge in [0, 0.05) is 12.0 Å². The molecule has 0 saturated heterocycles. The fourth-order valence-electron chi connectivity index (χ4n) is 2.30. The number of carbonyl (C=O) groups excluding carboxylic acids is 1. The summed E-state index contributed by atoms with van der Waals surface area (Å²) in [4.78, 5) is 12.2. The van der Waals surface area contributed by atoms with E-state index in [1.54, 1.807) is 12.1 Å². The van der Waals surface area contributed by atoms with Crippen LogP contribution in [0.15, 0.2) is 39.3 Å². The summed E-state index contributed by atoms with van der Waals surface area (Å²) in [6.07, 6.45) is 0.478. The van der Waals surface area contributed by atoms with Gasteiger partial charge in [0.1, 0.15) is 17.3 Å². The minimum absolute atomic E-state index is 0.117. The molecule has 0 aliphatic carbocycles. The van der Waals surface area contributed by atoms with Crippen LogP contribution in [0, 0.1) is 19.7 Å². The topological polar surface area (TPSA) is 68.3 Å². The smallest absolute Gasteiger partial charge is 0.291 e. The zero-order chi connectivity index (χ0) is 17.3. The van der Waals surface area contributed by atoms with Crippen molar-refractivity contribution in [1.82, 2.24) is 5.16 Å². The summed E-state index contributed by atoms with van der Waals surface area (Å²) in [6.45, 7) is 3.67. The molecule has 0 saturated carbocycles. The second-order valence-corrected chi connectivity index (χ2v) is 5.73. The van der Waals surface area contributed by atoms with Crippen LogP contribution in [0.4, 0.5) is 10.1 Å². The Morgan fingerprint density at radius 3 is 2.75 bits per heavy atom. The van der Waals surface area contributed by atoms with Crippen LogP contribution < -0.4 is 5.32 Å². The SMILES string of the molecule is Cc1noc(C)c1Cc1ccc(C(=O)Nc2ccc(F)cc2Cl)o1. The third kappa shape index (κ3) is 3.33. The molecule has 2 heterocycles. The van der Waals surface area contributed by atoms with Crippen molar-refractivity contribution in [2.45, 2.75) is 20.3 Å². The molecule has 0 aliphatic rings.